The Balaban J connectivity index is 2.01. The first-order chi connectivity index (χ1) is 15.9. The summed E-state index contributed by atoms with van der Waals surface area (Å²) in [6.07, 6.45) is 2.90. The highest BCUT2D eigenvalue weighted by Crippen LogP contribution is 2.19. The molecule has 0 bridgehead atoms. The summed E-state index contributed by atoms with van der Waals surface area (Å²) >= 11 is 0. The van der Waals surface area contributed by atoms with Crippen LogP contribution in [0.1, 0.15) is 17.5 Å². The summed E-state index contributed by atoms with van der Waals surface area (Å²) in [5, 5.41) is 0. The number of benzene rings is 2. The molecule has 0 aliphatic heterocycles. The number of rotatable bonds is 9. The molecule has 0 saturated heterocycles. The van der Waals surface area contributed by atoms with Gasteiger partial charge in [-0.2, -0.15) is 0 Å². The van der Waals surface area contributed by atoms with Crippen molar-refractivity contribution in [2.45, 2.75) is 13.0 Å². The topological polar surface area (TPSA) is 110 Å². The van der Waals surface area contributed by atoms with Crippen LogP contribution in [0.2, 0.25) is 0 Å². The van der Waals surface area contributed by atoms with Crippen molar-refractivity contribution in [3.05, 3.63) is 98.5 Å². The quantitative estimate of drug-likeness (QED) is 0.383. The fourth-order valence-electron chi connectivity index (χ4n) is 3.32. The maximum absolute atomic E-state index is 13.9. The van der Waals surface area contributed by atoms with Crippen LogP contribution in [0.5, 0.6) is 0 Å². The predicted molar refractivity (Wildman–Crippen MR) is 126 cm³/mol. The molecule has 0 radical (unpaired) electrons. The van der Waals surface area contributed by atoms with Gasteiger partial charge in [-0.1, -0.05) is 48.5 Å². The van der Waals surface area contributed by atoms with Crippen LogP contribution in [-0.2, 0) is 16.1 Å². The summed E-state index contributed by atoms with van der Waals surface area (Å²) in [6.45, 7) is 0.549. The van der Waals surface area contributed by atoms with Crippen molar-refractivity contribution < 1.29 is 13.9 Å². The van der Waals surface area contributed by atoms with Gasteiger partial charge < -0.3 is 15.4 Å². The van der Waals surface area contributed by atoms with E-state index in [0.29, 0.717) is 13.0 Å². The molecule has 0 unspecified atom stereocenters. The van der Waals surface area contributed by atoms with Gasteiger partial charge in [0.25, 0.3) is 11.5 Å². The van der Waals surface area contributed by atoms with Crippen LogP contribution < -0.4 is 21.9 Å². The van der Waals surface area contributed by atoms with E-state index in [0.717, 1.165) is 11.6 Å². The molecule has 9 heteroatoms. The summed E-state index contributed by atoms with van der Waals surface area (Å²) in [7, 11) is 1.52. The maximum Gasteiger partial charge on any atom is 0.330 e. The summed E-state index contributed by atoms with van der Waals surface area (Å²) in [6, 6.07) is 15.1. The Kier molecular flexibility index (Phi) is 7.93. The van der Waals surface area contributed by atoms with Gasteiger partial charge in [-0.3, -0.25) is 19.1 Å². The molecule has 0 aliphatic carbocycles. The van der Waals surface area contributed by atoms with Gasteiger partial charge in [0, 0.05) is 31.9 Å². The second-order valence-electron chi connectivity index (χ2n) is 7.26. The Hall–Kier alpha value is -3.98. The van der Waals surface area contributed by atoms with E-state index in [9.17, 15) is 18.8 Å². The number of H-pyrrole nitrogens is 1. The summed E-state index contributed by atoms with van der Waals surface area (Å²) in [4.78, 5) is 41.7. The molecule has 1 amide bonds. The monoisotopic (exact) mass is 452 g/mol. The number of amides is 1. The standard InChI is InChI=1S/C24H25FN4O4/c1-33-15-7-14-28(20(30)13-12-18-10-5-6-11-19(18)25)21-22(26)29(24(32)27-23(21)31)16-17-8-3-2-4-9-17/h2-6,8-13H,7,14-16,26H2,1H3,(H,27,31,32)/b13-12+. The summed E-state index contributed by atoms with van der Waals surface area (Å²) in [5.41, 5.74) is 5.64. The molecule has 33 heavy (non-hydrogen) atoms. The van der Waals surface area contributed by atoms with Crippen molar-refractivity contribution in [3.8, 4) is 0 Å². The van der Waals surface area contributed by atoms with Crippen LogP contribution in [0, 0.1) is 5.82 Å². The van der Waals surface area contributed by atoms with Gasteiger partial charge in [0.1, 0.15) is 11.6 Å². The Morgan fingerprint density at radius 3 is 2.55 bits per heavy atom. The fourth-order valence-corrected chi connectivity index (χ4v) is 3.32. The van der Waals surface area contributed by atoms with Crippen LogP contribution in [0.25, 0.3) is 6.08 Å². The molecule has 3 N–H and O–H groups in total. The average Bonchev–Trinajstić information content (AvgIpc) is 2.80. The number of halogens is 1. The van der Waals surface area contributed by atoms with Crippen molar-refractivity contribution in [3.63, 3.8) is 0 Å². The summed E-state index contributed by atoms with van der Waals surface area (Å²) < 4.78 is 20.2. The Bertz CT molecular complexity index is 1250. The lowest BCUT2D eigenvalue weighted by molar-refractivity contribution is -0.114. The summed E-state index contributed by atoms with van der Waals surface area (Å²) in [5.74, 6) is -1.21. The van der Waals surface area contributed by atoms with Gasteiger partial charge in [-0.15, -0.1) is 0 Å². The number of aromatic amines is 1. The van der Waals surface area contributed by atoms with Crippen LogP contribution in [0.15, 0.2) is 70.3 Å². The van der Waals surface area contributed by atoms with Crippen LogP contribution in [0.3, 0.4) is 0 Å². The highest BCUT2D eigenvalue weighted by Gasteiger charge is 2.23. The Labute approximate surface area is 189 Å². The van der Waals surface area contributed by atoms with E-state index < -0.39 is 23.0 Å². The zero-order valence-corrected chi connectivity index (χ0v) is 18.2. The Morgan fingerprint density at radius 2 is 1.85 bits per heavy atom. The second kappa shape index (κ2) is 11.1. The van der Waals surface area contributed by atoms with Gasteiger partial charge in [0.15, 0.2) is 5.69 Å². The molecule has 8 nitrogen and oxygen atoms in total. The molecule has 1 heterocycles. The number of anilines is 2. The zero-order chi connectivity index (χ0) is 23.8. The number of carbonyl (C=O) groups excluding carboxylic acids is 1. The molecule has 0 fully saturated rings. The first kappa shape index (κ1) is 23.7. The molecule has 0 aliphatic rings. The third-order valence-electron chi connectivity index (χ3n) is 4.97. The predicted octanol–water partition coefficient (Wildman–Crippen LogP) is 2.39. The van der Waals surface area contributed by atoms with Crippen LogP contribution in [-0.4, -0.2) is 35.7 Å². The highest BCUT2D eigenvalue weighted by atomic mass is 19.1. The average molecular weight is 452 g/mol. The normalized spacial score (nSPS) is 11.1. The number of hydrogen-bond acceptors (Lipinski definition) is 5. The number of methoxy groups -OCH3 is 1. The molecular formula is C24H25FN4O4. The molecule has 2 aromatic carbocycles. The second-order valence-corrected chi connectivity index (χ2v) is 7.26. The van der Waals surface area contributed by atoms with Crippen LogP contribution >= 0.6 is 0 Å². The number of nitrogen functional groups attached to an aromatic ring is 1. The first-order valence-electron chi connectivity index (χ1n) is 10.3. The van der Waals surface area contributed by atoms with Crippen molar-refractivity contribution in [1.82, 2.24) is 9.55 Å². The number of aromatic nitrogens is 2. The largest absolute Gasteiger partial charge is 0.385 e. The molecule has 1 aromatic heterocycles. The zero-order valence-electron chi connectivity index (χ0n) is 18.2. The van der Waals surface area contributed by atoms with Crippen molar-refractivity contribution in [2.24, 2.45) is 0 Å². The lowest BCUT2D eigenvalue weighted by Gasteiger charge is -2.23. The molecule has 172 valence electrons. The number of carbonyl (C=O) groups is 1. The minimum Gasteiger partial charge on any atom is -0.385 e. The smallest absolute Gasteiger partial charge is 0.330 e. The van der Waals surface area contributed by atoms with Gasteiger partial charge in [0.05, 0.1) is 6.54 Å². The number of nitrogens with two attached hydrogens (primary N) is 1. The van der Waals surface area contributed by atoms with Gasteiger partial charge in [0.2, 0.25) is 0 Å². The fraction of sp³-hybridized carbons (Fsp3) is 0.208. The molecule has 3 aromatic rings. The van der Waals surface area contributed by atoms with Crippen molar-refractivity contribution >= 4 is 23.5 Å². The third kappa shape index (κ3) is 5.83. The van der Waals surface area contributed by atoms with E-state index in [4.69, 9.17) is 10.5 Å². The highest BCUT2D eigenvalue weighted by molar-refractivity contribution is 6.05. The first-order valence-corrected chi connectivity index (χ1v) is 10.3. The van der Waals surface area contributed by atoms with Crippen molar-refractivity contribution in [1.29, 1.82) is 0 Å². The molecule has 0 spiro atoms. The molecule has 0 saturated carbocycles. The molecular weight excluding hydrogens is 427 g/mol. The number of nitrogens with one attached hydrogen (secondary N) is 1. The van der Waals surface area contributed by atoms with Crippen LogP contribution in [0.4, 0.5) is 15.9 Å². The maximum atomic E-state index is 13.9. The van der Waals surface area contributed by atoms with Gasteiger partial charge in [-0.25, -0.2) is 9.18 Å². The van der Waals surface area contributed by atoms with E-state index in [-0.39, 0.29) is 30.2 Å². The number of hydrogen-bond donors (Lipinski definition) is 2. The van der Waals surface area contributed by atoms with E-state index >= 15 is 0 Å². The Morgan fingerprint density at radius 1 is 1.15 bits per heavy atom. The SMILES string of the molecule is COCCCN(C(=O)/C=C/c1ccccc1F)c1c(N)n(Cc2ccccc2)c(=O)[nH]c1=O. The number of ether oxygens (including phenoxy) is 1. The third-order valence-corrected chi connectivity index (χ3v) is 4.97. The minimum atomic E-state index is -0.785. The van der Waals surface area contributed by atoms with Gasteiger partial charge in [-0.05, 0) is 24.1 Å². The minimum absolute atomic E-state index is 0.102. The lowest BCUT2D eigenvalue weighted by Crippen LogP contribution is -2.41. The molecule has 3 rings (SSSR count). The number of nitrogens with zero attached hydrogens (tertiary/aromatic N) is 2. The van der Waals surface area contributed by atoms with E-state index in [1.807, 2.05) is 30.3 Å². The van der Waals surface area contributed by atoms with Gasteiger partial charge >= 0.3 is 5.69 Å². The van der Waals surface area contributed by atoms with Crippen molar-refractivity contribution in [2.75, 3.05) is 30.9 Å². The lowest BCUT2D eigenvalue weighted by atomic mass is 10.2. The van der Waals surface area contributed by atoms with E-state index in [1.165, 1.54) is 34.8 Å². The molecule has 0 atom stereocenters. The van der Waals surface area contributed by atoms with E-state index in [1.54, 1.807) is 12.1 Å². The van der Waals surface area contributed by atoms with E-state index in [2.05, 4.69) is 4.98 Å².